The van der Waals surface area contributed by atoms with Crippen LogP contribution in [0.15, 0.2) is 12.1 Å². The largest absolute Gasteiger partial charge is 0.550 e. The van der Waals surface area contributed by atoms with Crippen molar-refractivity contribution in [1.82, 2.24) is 0 Å². The summed E-state index contributed by atoms with van der Waals surface area (Å²) in [6.45, 7) is -0.502. The van der Waals surface area contributed by atoms with Crippen molar-refractivity contribution in [2.45, 2.75) is 37.2 Å². The van der Waals surface area contributed by atoms with Crippen molar-refractivity contribution in [2.75, 3.05) is 6.61 Å². The number of esters is 2. The number of hydrogen-bond acceptors (Lipinski definition) is 6. The number of alkyl halides is 6. The highest BCUT2D eigenvalue weighted by molar-refractivity contribution is 14.1. The van der Waals surface area contributed by atoms with Crippen molar-refractivity contribution in [3.8, 4) is 0 Å². The number of hydrogen-bond donors (Lipinski definition) is 0. The summed E-state index contributed by atoms with van der Waals surface area (Å²) < 4.78 is 88.6. The molecule has 0 heterocycles. The minimum atomic E-state index is -6.26. The van der Waals surface area contributed by atoms with Gasteiger partial charge in [0.1, 0.15) is 0 Å². The zero-order valence-corrected chi connectivity index (χ0v) is 21.3. The number of ether oxygens (including phenoxy) is 2. The number of carbonyl (C=O) groups excluding carboxylic acids is 3. The fourth-order valence-electron chi connectivity index (χ4n) is 2.13. The Hall–Kier alpha value is -0.600. The molecule has 6 nitrogen and oxygen atoms in total. The first kappa shape index (κ1) is 28.4. The Kier molecular flexibility index (Phi) is 10.1. The Morgan fingerprint density at radius 1 is 0.968 bits per heavy atom. The van der Waals surface area contributed by atoms with Crippen LogP contribution in [0.3, 0.4) is 0 Å². The van der Waals surface area contributed by atoms with Crippen LogP contribution in [-0.2, 0) is 19.1 Å². The highest BCUT2D eigenvalue weighted by Gasteiger charge is 2.74. The first-order chi connectivity index (χ1) is 14.0. The van der Waals surface area contributed by atoms with Crippen molar-refractivity contribution in [1.29, 1.82) is 0 Å². The van der Waals surface area contributed by atoms with E-state index in [4.69, 9.17) is 4.74 Å². The second kappa shape index (κ2) is 11.0. The second-order valence-electron chi connectivity index (χ2n) is 5.83. The maximum absolute atomic E-state index is 13.0. The third-order valence-electron chi connectivity index (χ3n) is 3.57. The van der Waals surface area contributed by atoms with E-state index in [0.717, 1.165) is 7.14 Å². The average molecular weight is 793 g/mol. The molecule has 0 unspecified atom stereocenters. The molecule has 15 heteroatoms. The van der Waals surface area contributed by atoms with Crippen LogP contribution in [0.1, 0.15) is 29.6 Å². The molecular weight excluding hydrogens is 783 g/mol. The van der Waals surface area contributed by atoms with Gasteiger partial charge in [0.25, 0.3) is 0 Å². The van der Waals surface area contributed by atoms with E-state index in [0.29, 0.717) is 3.57 Å². The average Bonchev–Trinajstić information content (AvgIpc) is 2.58. The fraction of sp³-hybridized carbons (Fsp3) is 0.438. The minimum Gasteiger partial charge on any atom is -0.550 e. The van der Waals surface area contributed by atoms with Crippen LogP contribution in [-0.4, -0.2) is 42.5 Å². The van der Waals surface area contributed by atoms with Gasteiger partial charge in [-0.05, 0) is 86.3 Å². The van der Waals surface area contributed by atoms with Gasteiger partial charge in [-0.1, -0.05) is 0 Å². The molecule has 0 spiro atoms. The molecule has 0 aliphatic heterocycles. The lowest BCUT2D eigenvalue weighted by molar-refractivity contribution is -0.381. The molecule has 0 fully saturated rings. The van der Waals surface area contributed by atoms with Crippen LogP contribution >= 0.6 is 67.8 Å². The van der Waals surface area contributed by atoms with Gasteiger partial charge in [-0.15, -0.1) is 0 Å². The Labute approximate surface area is 211 Å². The monoisotopic (exact) mass is 793 g/mol. The predicted molar refractivity (Wildman–Crippen MR) is 115 cm³/mol. The van der Waals surface area contributed by atoms with Crippen LogP contribution in [0.5, 0.6) is 0 Å². The molecule has 0 bridgehead atoms. The maximum atomic E-state index is 13.0. The zero-order valence-electron chi connectivity index (χ0n) is 14.8. The highest BCUT2D eigenvalue weighted by Crippen LogP contribution is 2.48. The molecule has 1 aromatic carbocycles. The molecule has 0 atom stereocenters. The summed E-state index contributed by atoms with van der Waals surface area (Å²) in [5, 5.41) is 10.5. The first-order valence-corrected chi connectivity index (χ1v) is 11.1. The molecule has 0 radical (unpaired) electrons. The van der Waals surface area contributed by atoms with Crippen LogP contribution in [0.4, 0.5) is 26.3 Å². The maximum Gasteiger partial charge on any atom is 0.437 e. The van der Waals surface area contributed by atoms with Crippen molar-refractivity contribution >= 4 is 85.7 Å². The normalized spacial score (nSPS) is 12.4. The third kappa shape index (κ3) is 7.46. The van der Waals surface area contributed by atoms with E-state index in [1.54, 1.807) is 6.07 Å². The number of carboxylic acid groups (broad SMARTS) is 1. The van der Waals surface area contributed by atoms with Gasteiger partial charge in [-0.2, -0.15) is 26.3 Å². The fourth-order valence-corrected chi connectivity index (χ4v) is 4.50. The molecule has 0 saturated heterocycles. The predicted octanol–water partition coefficient (Wildman–Crippen LogP) is 3.98. The number of rotatable bonds is 8. The summed E-state index contributed by atoms with van der Waals surface area (Å²) in [7, 11) is 0. The van der Waals surface area contributed by atoms with Gasteiger partial charge < -0.3 is 19.4 Å². The van der Waals surface area contributed by atoms with E-state index < -0.39 is 61.7 Å². The van der Waals surface area contributed by atoms with Crippen LogP contribution < -0.4 is 5.11 Å². The lowest BCUT2D eigenvalue weighted by atomic mass is 9.97. The summed E-state index contributed by atoms with van der Waals surface area (Å²) in [6, 6.07) is 3.30. The Morgan fingerprint density at radius 2 is 1.52 bits per heavy atom. The molecule has 0 aromatic heterocycles. The van der Waals surface area contributed by atoms with Crippen molar-refractivity contribution in [3.63, 3.8) is 0 Å². The van der Waals surface area contributed by atoms with Crippen molar-refractivity contribution in [3.05, 3.63) is 28.4 Å². The topological polar surface area (TPSA) is 92.7 Å². The lowest BCUT2D eigenvalue weighted by Gasteiger charge is -2.36. The second-order valence-corrected chi connectivity index (χ2v) is 9.32. The van der Waals surface area contributed by atoms with Crippen LogP contribution in [0, 0.1) is 10.7 Å². The molecular formula is C16H10F6I3O6-. The number of carbonyl (C=O) groups is 3. The standard InChI is InChI=1S/C16H11F6I3O6/c17-15(18,19)14(6-10(26)27,16(20,21)22)31-11(28)2-1-3-30-13(29)8-4-7(23)5-9(24)12(8)25/h4-5H,1-3,6H2,(H,26,27)/p-1. The van der Waals surface area contributed by atoms with E-state index >= 15 is 0 Å². The van der Waals surface area contributed by atoms with Gasteiger partial charge >= 0.3 is 29.9 Å². The number of aliphatic carboxylic acids is 1. The number of halogens is 9. The molecule has 0 N–H and O–H groups in total. The molecule has 0 aliphatic carbocycles. The minimum absolute atomic E-state index is 0.196. The molecule has 1 rings (SSSR count). The van der Waals surface area contributed by atoms with Gasteiger partial charge in [0.05, 0.1) is 12.2 Å². The van der Waals surface area contributed by atoms with E-state index in [1.165, 1.54) is 6.07 Å². The Bertz CT molecular complexity index is 841. The summed E-state index contributed by atoms with van der Waals surface area (Å²) in [4.78, 5) is 34.2. The molecule has 0 saturated carbocycles. The van der Waals surface area contributed by atoms with Crippen molar-refractivity contribution < 1.29 is 55.3 Å². The van der Waals surface area contributed by atoms with E-state index in [9.17, 15) is 45.8 Å². The quantitative estimate of drug-likeness (QED) is 0.130. The summed E-state index contributed by atoms with van der Waals surface area (Å²) in [5.41, 5.74) is -5.05. The summed E-state index contributed by atoms with van der Waals surface area (Å²) >= 11 is 5.84. The van der Waals surface area contributed by atoms with Crippen LogP contribution in [0.2, 0.25) is 0 Å². The SMILES string of the molecule is O=C([O-])CC(OC(=O)CCCOC(=O)c1cc(I)cc(I)c1I)(C(F)(F)F)C(F)(F)F. The summed E-state index contributed by atoms with van der Waals surface area (Å²) in [5.74, 6) is -5.48. The Morgan fingerprint density at radius 3 is 2.00 bits per heavy atom. The lowest BCUT2D eigenvalue weighted by Crippen LogP contribution is -2.61. The van der Waals surface area contributed by atoms with Gasteiger partial charge in [-0.3, -0.25) is 4.79 Å². The Balaban J connectivity index is 2.79. The van der Waals surface area contributed by atoms with Crippen molar-refractivity contribution in [2.24, 2.45) is 0 Å². The molecule has 174 valence electrons. The zero-order chi connectivity index (χ0) is 24.2. The smallest absolute Gasteiger partial charge is 0.437 e. The van der Waals surface area contributed by atoms with E-state index in [-0.39, 0.29) is 5.56 Å². The van der Waals surface area contributed by atoms with E-state index in [1.807, 2.05) is 67.8 Å². The molecule has 1 aromatic rings. The van der Waals surface area contributed by atoms with E-state index in [2.05, 4.69) is 4.74 Å². The van der Waals surface area contributed by atoms with Gasteiger partial charge in [-0.25, -0.2) is 4.79 Å². The summed E-state index contributed by atoms with van der Waals surface area (Å²) in [6.07, 6.45) is -16.6. The molecule has 0 aliphatic rings. The third-order valence-corrected chi connectivity index (χ3v) is 7.24. The molecule has 0 amide bonds. The molecule has 31 heavy (non-hydrogen) atoms. The number of carboxylic acids is 1. The first-order valence-electron chi connectivity index (χ1n) is 7.88. The highest BCUT2D eigenvalue weighted by atomic mass is 127. The van der Waals surface area contributed by atoms with Gasteiger partial charge in [0.2, 0.25) is 0 Å². The van der Waals surface area contributed by atoms with Crippen LogP contribution in [0.25, 0.3) is 0 Å². The number of benzene rings is 1. The van der Waals surface area contributed by atoms with Gasteiger partial charge in [0.15, 0.2) is 0 Å². The van der Waals surface area contributed by atoms with Gasteiger partial charge in [0, 0.05) is 29.5 Å².